The summed E-state index contributed by atoms with van der Waals surface area (Å²) in [6.45, 7) is 4.32. The summed E-state index contributed by atoms with van der Waals surface area (Å²) in [6.07, 6.45) is -1.06. The molecule has 0 spiro atoms. The smallest absolute Gasteiger partial charge is 0.303 e. The van der Waals surface area contributed by atoms with E-state index in [4.69, 9.17) is 14.2 Å². The molecule has 8 nitrogen and oxygen atoms in total. The molecule has 1 fully saturated rings. The molecular weight excluding hydrogens is 496 g/mol. The maximum atomic E-state index is 12.3. The normalized spacial score (nSPS) is 19.9. The third-order valence-corrected chi connectivity index (χ3v) is 6.59. The predicted octanol–water partition coefficient (Wildman–Crippen LogP) is 4.75. The first-order chi connectivity index (χ1) is 18.8. The maximum Gasteiger partial charge on any atom is 0.303 e. The van der Waals surface area contributed by atoms with Gasteiger partial charge in [0.05, 0.1) is 18.8 Å². The largest absolute Gasteiger partial charge is 0.453 e. The van der Waals surface area contributed by atoms with E-state index < -0.39 is 24.3 Å². The van der Waals surface area contributed by atoms with Crippen molar-refractivity contribution in [2.45, 2.75) is 58.0 Å². The number of anilines is 1. The zero-order chi connectivity index (χ0) is 27.8. The molecule has 4 rings (SSSR count). The Kier molecular flexibility index (Phi) is 9.84. The van der Waals surface area contributed by atoms with E-state index in [1.54, 1.807) is 12.1 Å². The van der Waals surface area contributed by atoms with Gasteiger partial charge in [-0.05, 0) is 42.8 Å². The lowest BCUT2D eigenvalue weighted by Gasteiger charge is -2.38. The Hall–Kier alpha value is -3.56. The first-order valence-corrected chi connectivity index (χ1v) is 13.1. The zero-order valence-corrected chi connectivity index (χ0v) is 22.6. The summed E-state index contributed by atoms with van der Waals surface area (Å²) >= 11 is 0. The highest BCUT2D eigenvalue weighted by molar-refractivity contribution is 5.94. The number of esters is 1. The number of hydrogen-bond acceptors (Lipinski definition) is 7. The van der Waals surface area contributed by atoms with Gasteiger partial charge in [-0.3, -0.25) is 14.5 Å². The van der Waals surface area contributed by atoms with Crippen LogP contribution in [0.5, 0.6) is 0 Å². The molecule has 0 aliphatic carbocycles. The second-order valence-electron chi connectivity index (χ2n) is 9.90. The first-order valence-electron chi connectivity index (χ1n) is 13.1. The van der Waals surface area contributed by atoms with Gasteiger partial charge >= 0.3 is 5.97 Å². The van der Waals surface area contributed by atoms with Gasteiger partial charge in [0.2, 0.25) is 0 Å². The van der Waals surface area contributed by atoms with Crippen LogP contribution in [0.25, 0.3) is 0 Å². The molecule has 8 heteroatoms. The van der Waals surface area contributed by atoms with Gasteiger partial charge in [0, 0.05) is 37.7 Å². The van der Waals surface area contributed by atoms with Crippen LogP contribution in [0.2, 0.25) is 0 Å². The SMILES string of the molecule is CC(=O)O[C@@H](C)C(=O)Nc1ccc([C@H]2O[C@@H](CN(C)Cc3ccccc3)C[C@@H](c3ccc(CO)cc3)O2)cc1. The third-order valence-electron chi connectivity index (χ3n) is 6.59. The molecule has 0 radical (unpaired) electrons. The summed E-state index contributed by atoms with van der Waals surface area (Å²) in [5.74, 6) is -0.917. The fourth-order valence-corrected chi connectivity index (χ4v) is 4.61. The minimum Gasteiger partial charge on any atom is -0.453 e. The van der Waals surface area contributed by atoms with Crippen LogP contribution in [0.1, 0.15) is 54.9 Å². The Labute approximate surface area is 229 Å². The summed E-state index contributed by atoms with van der Waals surface area (Å²) in [4.78, 5) is 25.7. The van der Waals surface area contributed by atoms with Gasteiger partial charge < -0.3 is 24.6 Å². The Bertz CT molecular complexity index is 1220. The molecule has 2 N–H and O–H groups in total. The molecule has 0 unspecified atom stereocenters. The van der Waals surface area contributed by atoms with E-state index in [-0.39, 0.29) is 18.8 Å². The lowest BCUT2D eigenvalue weighted by Crippen LogP contribution is -2.37. The molecular formula is C31H36N2O6. The van der Waals surface area contributed by atoms with Crippen LogP contribution in [0.4, 0.5) is 5.69 Å². The highest BCUT2D eigenvalue weighted by Gasteiger charge is 2.32. The van der Waals surface area contributed by atoms with Gasteiger partial charge in [-0.25, -0.2) is 0 Å². The van der Waals surface area contributed by atoms with Crippen LogP contribution in [-0.2, 0) is 37.0 Å². The molecule has 206 valence electrons. The molecule has 0 saturated carbocycles. The summed E-state index contributed by atoms with van der Waals surface area (Å²) in [6, 6.07) is 25.4. The van der Waals surface area contributed by atoms with Gasteiger partial charge in [-0.2, -0.15) is 0 Å². The van der Waals surface area contributed by atoms with Crippen molar-refractivity contribution < 1.29 is 28.9 Å². The van der Waals surface area contributed by atoms with E-state index in [0.717, 1.165) is 29.8 Å². The monoisotopic (exact) mass is 532 g/mol. The molecule has 3 aromatic rings. The number of aliphatic hydroxyl groups is 1. The van der Waals surface area contributed by atoms with E-state index >= 15 is 0 Å². The third kappa shape index (κ3) is 8.21. The Morgan fingerprint density at radius 1 is 0.974 bits per heavy atom. The molecule has 0 aromatic heterocycles. The maximum absolute atomic E-state index is 12.3. The number of hydrogen-bond donors (Lipinski definition) is 2. The molecule has 4 atom stereocenters. The summed E-state index contributed by atoms with van der Waals surface area (Å²) in [5.41, 5.74) is 4.52. The van der Waals surface area contributed by atoms with Crippen LogP contribution < -0.4 is 5.32 Å². The Balaban J connectivity index is 1.47. The summed E-state index contributed by atoms with van der Waals surface area (Å²) in [5, 5.41) is 12.2. The van der Waals surface area contributed by atoms with E-state index in [0.29, 0.717) is 12.1 Å². The van der Waals surface area contributed by atoms with Crippen molar-refractivity contribution >= 4 is 17.6 Å². The van der Waals surface area contributed by atoms with Crippen LogP contribution in [0.15, 0.2) is 78.9 Å². The predicted molar refractivity (Wildman–Crippen MR) is 147 cm³/mol. The second kappa shape index (κ2) is 13.5. The van der Waals surface area contributed by atoms with Gasteiger partial charge in [0.1, 0.15) is 0 Å². The number of ether oxygens (including phenoxy) is 3. The number of amides is 1. The van der Waals surface area contributed by atoms with Crippen LogP contribution in [0.3, 0.4) is 0 Å². The topological polar surface area (TPSA) is 97.3 Å². The average Bonchev–Trinajstić information content (AvgIpc) is 2.93. The molecule has 1 heterocycles. The first kappa shape index (κ1) is 28.4. The minimum atomic E-state index is -0.890. The van der Waals surface area contributed by atoms with Crippen molar-refractivity contribution in [3.8, 4) is 0 Å². The number of aliphatic hydroxyl groups excluding tert-OH is 1. The standard InChI is InChI=1S/C31H36N2O6/c1-21(37-22(2)35)30(36)32-27-15-13-26(14-16-27)31-38-28(19-33(3)18-23-7-5-4-6-8-23)17-29(39-31)25-11-9-24(20-34)10-12-25/h4-16,21,28-29,31,34H,17-20H2,1-3H3,(H,32,36)/t21-,28+,29-,31-/m0/s1. The molecule has 1 saturated heterocycles. The van der Waals surface area contributed by atoms with Crippen molar-refractivity contribution in [3.63, 3.8) is 0 Å². The van der Waals surface area contributed by atoms with E-state index in [9.17, 15) is 14.7 Å². The van der Waals surface area contributed by atoms with E-state index in [1.165, 1.54) is 19.4 Å². The zero-order valence-electron chi connectivity index (χ0n) is 22.6. The average molecular weight is 533 g/mol. The fourth-order valence-electron chi connectivity index (χ4n) is 4.61. The van der Waals surface area contributed by atoms with Gasteiger partial charge in [-0.1, -0.05) is 66.7 Å². The van der Waals surface area contributed by atoms with Crippen LogP contribution >= 0.6 is 0 Å². The molecule has 1 aliphatic rings. The highest BCUT2D eigenvalue weighted by Crippen LogP contribution is 2.38. The number of carbonyl (C=O) groups is 2. The Morgan fingerprint density at radius 3 is 2.28 bits per heavy atom. The van der Waals surface area contributed by atoms with E-state index in [2.05, 4.69) is 29.4 Å². The van der Waals surface area contributed by atoms with Gasteiger partial charge in [-0.15, -0.1) is 0 Å². The molecule has 1 aliphatic heterocycles. The number of carbonyl (C=O) groups excluding carboxylic acids is 2. The number of likely N-dealkylation sites (N-methyl/N-ethyl adjacent to an activating group) is 1. The molecule has 39 heavy (non-hydrogen) atoms. The van der Waals surface area contributed by atoms with Crippen molar-refractivity contribution in [1.82, 2.24) is 4.90 Å². The summed E-state index contributed by atoms with van der Waals surface area (Å²) < 4.78 is 17.8. The molecule has 3 aromatic carbocycles. The second-order valence-corrected chi connectivity index (χ2v) is 9.90. The quantitative estimate of drug-likeness (QED) is 0.364. The lowest BCUT2D eigenvalue weighted by atomic mass is 9.99. The van der Waals surface area contributed by atoms with Crippen molar-refractivity contribution in [1.29, 1.82) is 0 Å². The lowest BCUT2D eigenvalue weighted by molar-refractivity contribution is -0.252. The molecule has 1 amide bonds. The number of nitrogens with zero attached hydrogens (tertiary/aromatic N) is 1. The number of benzene rings is 3. The number of rotatable bonds is 10. The number of nitrogens with one attached hydrogen (secondary N) is 1. The summed E-state index contributed by atoms with van der Waals surface area (Å²) in [7, 11) is 2.08. The highest BCUT2D eigenvalue weighted by atomic mass is 16.7. The van der Waals surface area contributed by atoms with Crippen LogP contribution in [-0.4, -0.2) is 47.7 Å². The van der Waals surface area contributed by atoms with Crippen molar-refractivity contribution in [2.75, 3.05) is 18.9 Å². The Morgan fingerprint density at radius 2 is 1.64 bits per heavy atom. The van der Waals surface area contributed by atoms with Gasteiger partial charge in [0.15, 0.2) is 12.4 Å². The van der Waals surface area contributed by atoms with Crippen molar-refractivity contribution in [3.05, 3.63) is 101 Å². The molecule has 0 bridgehead atoms. The van der Waals surface area contributed by atoms with E-state index in [1.807, 2.05) is 54.6 Å². The fraction of sp³-hybridized carbons (Fsp3) is 0.355. The van der Waals surface area contributed by atoms with Crippen LogP contribution in [0, 0.1) is 0 Å². The van der Waals surface area contributed by atoms with Gasteiger partial charge in [0.25, 0.3) is 5.91 Å². The minimum absolute atomic E-state index is 0.00696. The van der Waals surface area contributed by atoms with Crippen molar-refractivity contribution in [2.24, 2.45) is 0 Å².